The highest BCUT2D eigenvalue weighted by molar-refractivity contribution is 7.09. The number of thiophene rings is 1. The van der Waals surface area contributed by atoms with Gasteiger partial charge in [0, 0.05) is 16.6 Å². The third-order valence-electron chi connectivity index (χ3n) is 3.68. The van der Waals surface area contributed by atoms with Crippen LogP contribution in [0.25, 0.3) is 0 Å². The Morgan fingerprint density at radius 3 is 2.67 bits per heavy atom. The third-order valence-corrected chi connectivity index (χ3v) is 4.89. The van der Waals surface area contributed by atoms with Crippen molar-refractivity contribution in [3.63, 3.8) is 0 Å². The Hall–Kier alpha value is -1.89. The second kappa shape index (κ2) is 8.28. The van der Waals surface area contributed by atoms with Gasteiger partial charge >= 0.3 is 0 Å². The minimum absolute atomic E-state index is 0.197. The van der Waals surface area contributed by atoms with Gasteiger partial charge in [0.25, 0.3) is 5.91 Å². The number of anilines is 1. The van der Waals surface area contributed by atoms with Gasteiger partial charge < -0.3 is 16.4 Å². The largest absolute Gasteiger partial charge is 0.347 e. The van der Waals surface area contributed by atoms with Crippen molar-refractivity contribution in [2.75, 3.05) is 5.32 Å². The van der Waals surface area contributed by atoms with Crippen molar-refractivity contribution < 1.29 is 9.59 Å². The van der Waals surface area contributed by atoms with Crippen LogP contribution in [0.1, 0.15) is 29.1 Å². The van der Waals surface area contributed by atoms with Gasteiger partial charge in [0.2, 0.25) is 5.91 Å². The molecule has 24 heavy (non-hydrogen) atoms. The highest BCUT2D eigenvalue weighted by Gasteiger charge is 2.18. The van der Waals surface area contributed by atoms with Crippen LogP contribution in [0.2, 0.25) is 5.02 Å². The average Bonchev–Trinajstić information content (AvgIpc) is 3.06. The molecule has 0 radical (unpaired) electrons. The van der Waals surface area contributed by atoms with Crippen LogP contribution in [0.3, 0.4) is 0 Å². The van der Waals surface area contributed by atoms with E-state index in [-0.39, 0.29) is 23.8 Å². The summed E-state index contributed by atoms with van der Waals surface area (Å²) >= 11 is 7.68. The summed E-state index contributed by atoms with van der Waals surface area (Å²) in [5.74, 6) is -0.821. The van der Waals surface area contributed by atoms with E-state index in [4.69, 9.17) is 17.3 Å². The van der Waals surface area contributed by atoms with Gasteiger partial charge in [-0.3, -0.25) is 9.59 Å². The number of nitrogens with one attached hydrogen (secondary N) is 2. The normalized spacial score (nSPS) is 13.2. The van der Waals surface area contributed by atoms with Gasteiger partial charge in [0.1, 0.15) is 0 Å². The fourth-order valence-corrected chi connectivity index (χ4v) is 2.80. The lowest BCUT2D eigenvalue weighted by Gasteiger charge is -2.16. The van der Waals surface area contributed by atoms with E-state index in [9.17, 15) is 9.59 Å². The van der Waals surface area contributed by atoms with Crippen LogP contribution in [-0.2, 0) is 11.3 Å². The molecule has 128 valence electrons. The summed E-state index contributed by atoms with van der Waals surface area (Å²) in [7, 11) is 0. The Balaban J connectivity index is 2.07. The molecule has 0 fully saturated rings. The van der Waals surface area contributed by atoms with Crippen molar-refractivity contribution in [2.24, 2.45) is 11.7 Å². The molecule has 2 amide bonds. The Morgan fingerprint density at radius 1 is 1.29 bits per heavy atom. The van der Waals surface area contributed by atoms with Gasteiger partial charge in [-0.25, -0.2) is 0 Å². The molecule has 1 heterocycles. The van der Waals surface area contributed by atoms with Gasteiger partial charge in [0.15, 0.2) is 0 Å². The fraction of sp³-hybridized carbons (Fsp3) is 0.294. The summed E-state index contributed by atoms with van der Waals surface area (Å²) in [6.07, 6.45) is 0. The van der Waals surface area contributed by atoms with Gasteiger partial charge in [-0.05, 0) is 36.6 Å². The Morgan fingerprint density at radius 2 is 2.04 bits per heavy atom. The van der Waals surface area contributed by atoms with E-state index in [1.807, 2.05) is 17.5 Å². The molecule has 5 nitrogen and oxygen atoms in total. The van der Waals surface area contributed by atoms with Crippen molar-refractivity contribution in [1.82, 2.24) is 5.32 Å². The number of carbonyl (C=O) groups excluding carboxylic acids is 2. The van der Waals surface area contributed by atoms with E-state index in [1.54, 1.807) is 43.4 Å². The molecule has 2 rings (SSSR count). The third kappa shape index (κ3) is 4.80. The van der Waals surface area contributed by atoms with Gasteiger partial charge in [-0.2, -0.15) is 0 Å². The maximum Gasteiger partial charge on any atom is 0.253 e. The minimum atomic E-state index is -0.336. The molecule has 0 spiro atoms. The first-order valence-electron chi connectivity index (χ1n) is 7.55. The monoisotopic (exact) mass is 365 g/mol. The van der Waals surface area contributed by atoms with Crippen molar-refractivity contribution in [2.45, 2.75) is 26.4 Å². The second-order valence-corrected chi connectivity index (χ2v) is 7.03. The van der Waals surface area contributed by atoms with E-state index in [0.29, 0.717) is 22.8 Å². The van der Waals surface area contributed by atoms with Crippen molar-refractivity contribution in [3.05, 3.63) is 51.2 Å². The molecule has 4 N–H and O–H groups in total. The zero-order valence-corrected chi connectivity index (χ0v) is 15.1. The first-order chi connectivity index (χ1) is 11.4. The lowest BCUT2D eigenvalue weighted by atomic mass is 10.0. The Labute approximate surface area is 150 Å². The number of nitrogens with two attached hydrogens (primary N) is 1. The number of halogens is 1. The fourth-order valence-electron chi connectivity index (χ4n) is 1.95. The lowest BCUT2D eigenvalue weighted by Crippen LogP contribution is -2.34. The maximum absolute atomic E-state index is 12.3. The molecule has 1 aromatic heterocycles. The summed E-state index contributed by atoms with van der Waals surface area (Å²) < 4.78 is 0. The molecule has 2 atom stereocenters. The van der Waals surface area contributed by atoms with Gasteiger partial charge in [-0.1, -0.05) is 24.6 Å². The highest BCUT2D eigenvalue weighted by atomic mass is 35.5. The van der Waals surface area contributed by atoms with Crippen LogP contribution >= 0.6 is 22.9 Å². The maximum atomic E-state index is 12.3. The number of amides is 2. The molecular formula is C17H20ClN3O2S. The summed E-state index contributed by atoms with van der Waals surface area (Å²) in [6.45, 7) is 3.96. The van der Waals surface area contributed by atoms with Crippen LogP contribution in [0.4, 0.5) is 5.69 Å². The Bertz CT molecular complexity index is 717. The molecule has 2 unspecified atom stereocenters. The number of hydrogen-bond acceptors (Lipinski definition) is 4. The first kappa shape index (κ1) is 18.4. The van der Waals surface area contributed by atoms with Crippen LogP contribution in [0.15, 0.2) is 35.7 Å². The molecule has 0 aliphatic carbocycles. The van der Waals surface area contributed by atoms with Crippen LogP contribution < -0.4 is 16.4 Å². The summed E-state index contributed by atoms with van der Waals surface area (Å²) in [6, 6.07) is 8.43. The van der Waals surface area contributed by atoms with Gasteiger partial charge in [-0.15, -0.1) is 11.3 Å². The number of benzene rings is 1. The van der Waals surface area contributed by atoms with E-state index in [0.717, 1.165) is 4.88 Å². The van der Waals surface area contributed by atoms with E-state index in [1.165, 1.54) is 0 Å². The van der Waals surface area contributed by atoms with Crippen LogP contribution in [-0.4, -0.2) is 17.9 Å². The highest BCUT2D eigenvalue weighted by Crippen LogP contribution is 2.21. The Kier molecular flexibility index (Phi) is 6.36. The van der Waals surface area contributed by atoms with Crippen molar-refractivity contribution in [3.8, 4) is 0 Å². The molecule has 0 saturated heterocycles. The molecule has 2 aromatic rings. The predicted molar refractivity (Wildman–Crippen MR) is 98.4 cm³/mol. The van der Waals surface area contributed by atoms with E-state index >= 15 is 0 Å². The topological polar surface area (TPSA) is 84.2 Å². The van der Waals surface area contributed by atoms with Crippen LogP contribution in [0.5, 0.6) is 0 Å². The summed E-state index contributed by atoms with van der Waals surface area (Å²) in [5.41, 5.74) is 6.56. The predicted octanol–water partition coefficient (Wildman–Crippen LogP) is 3.25. The van der Waals surface area contributed by atoms with E-state index < -0.39 is 0 Å². The lowest BCUT2D eigenvalue weighted by molar-refractivity contribution is -0.119. The summed E-state index contributed by atoms with van der Waals surface area (Å²) in [5, 5.41) is 7.86. The standard InChI is InChI=1S/C17H20ClN3O2S/c1-10(11(2)19)16(22)21-12-5-6-15(18)14(8-12)17(23)20-9-13-4-3-7-24-13/h3-8,10-11H,9,19H2,1-2H3,(H,20,23)(H,21,22). The smallest absolute Gasteiger partial charge is 0.253 e. The zero-order chi connectivity index (χ0) is 17.7. The molecule has 1 aromatic carbocycles. The number of hydrogen-bond donors (Lipinski definition) is 3. The average molecular weight is 366 g/mol. The van der Waals surface area contributed by atoms with Gasteiger partial charge in [0.05, 0.1) is 23.0 Å². The molecule has 0 saturated carbocycles. The van der Waals surface area contributed by atoms with E-state index in [2.05, 4.69) is 10.6 Å². The quantitative estimate of drug-likeness (QED) is 0.734. The molecule has 0 bridgehead atoms. The van der Waals surface area contributed by atoms with Crippen molar-refractivity contribution in [1.29, 1.82) is 0 Å². The molecule has 0 aliphatic heterocycles. The number of rotatable bonds is 6. The zero-order valence-electron chi connectivity index (χ0n) is 13.5. The summed E-state index contributed by atoms with van der Waals surface area (Å²) in [4.78, 5) is 25.4. The molecular weight excluding hydrogens is 346 g/mol. The SMILES string of the molecule is CC(N)C(C)C(=O)Nc1ccc(Cl)c(C(=O)NCc2cccs2)c1. The minimum Gasteiger partial charge on any atom is -0.347 e. The van der Waals surface area contributed by atoms with Crippen LogP contribution in [0, 0.1) is 5.92 Å². The van der Waals surface area contributed by atoms with Crippen molar-refractivity contribution >= 4 is 40.4 Å². The number of carbonyl (C=O) groups is 2. The molecule has 0 aliphatic rings. The first-order valence-corrected chi connectivity index (χ1v) is 8.81. The second-order valence-electron chi connectivity index (χ2n) is 5.59. The molecule has 7 heteroatoms.